The second-order valence-electron chi connectivity index (χ2n) is 4.41. The number of nitrogen functional groups attached to an aromatic ring is 1. The molecule has 1 aromatic heterocycles. The van der Waals surface area contributed by atoms with E-state index in [0.29, 0.717) is 11.7 Å². The van der Waals surface area contributed by atoms with Gasteiger partial charge in [0.05, 0.1) is 5.69 Å². The van der Waals surface area contributed by atoms with Crippen LogP contribution in [-0.4, -0.2) is 28.2 Å². The maximum Gasteiger partial charge on any atom is 0.169 e. The highest BCUT2D eigenvalue weighted by Gasteiger charge is 2.17. The van der Waals surface area contributed by atoms with Crippen LogP contribution in [0.3, 0.4) is 0 Å². The van der Waals surface area contributed by atoms with Gasteiger partial charge in [-0.1, -0.05) is 18.6 Å². The SMILES string of the molecule is CCCc1c(N)nnn1CC1CCOCC1. The van der Waals surface area contributed by atoms with Crippen molar-refractivity contribution in [2.24, 2.45) is 5.92 Å². The number of hydrogen-bond acceptors (Lipinski definition) is 4. The zero-order valence-corrected chi connectivity index (χ0v) is 9.85. The molecular formula is C11H20N4O. The second-order valence-corrected chi connectivity index (χ2v) is 4.41. The summed E-state index contributed by atoms with van der Waals surface area (Å²) in [7, 11) is 0. The number of anilines is 1. The Morgan fingerprint density at radius 1 is 1.44 bits per heavy atom. The molecule has 1 aliphatic rings. The fourth-order valence-corrected chi connectivity index (χ4v) is 2.16. The van der Waals surface area contributed by atoms with Crippen LogP contribution in [0.15, 0.2) is 0 Å². The largest absolute Gasteiger partial charge is 0.381 e. The first kappa shape index (κ1) is 11.4. The first-order valence-corrected chi connectivity index (χ1v) is 6.06. The highest BCUT2D eigenvalue weighted by Crippen LogP contribution is 2.19. The molecule has 0 spiro atoms. The number of nitrogens with two attached hydrogens (primary N) is 1. The van der Waals surface area contributed by atoms with E-state index in [1.54, 1.807) is 0 Å². The van der Waals surface area contributed by atoms with Crippen LogP contribution in [-0.2, 0) is 17.7 Å². The summed E-state index contributed by atoms with van der Waals surface area (Å²) in [5.41, 5.74) is 6.91. The molecule has 1 saturated heterocycles. The molecule has 90 valence electrons. The Kier molecular flexibility index (Phi) is 3.77. The minimum atomic E-state index is 0.592. The van der Waals surface area contributed by atoms with Gasteiger partial charge in [0.1, 0.15) is 0 Å². The van der Waals surface area contributed by atoms with Crippen molar-refractivity contribution in [1.82, 2.24) is 15.0 Å². The minimum absolute atomic E-state index is 0.592. The standard InChI is InChI=1S/C11H20N4O/c1-2-3-10-11(12)13-14-15(10)8-9-4-6-16-7-5-9/h9H,2-8,12H2,1H3. The Morgan fingerprint density at radius 3 is 2.88 bits per heavy atom. The molecule has 16 heavy (non-hydrogen) atoms. The van der Waals surface area contributed by atoms with E-state index in [1.165, 1.54) is 0 Å². The molecule has 0 aliphatic carbocycles. The van der Waals surface area contributed by atoms with Crippen LogP contribution >= 0.6 is 0 Å². The van der Waals surface area contributed by atoms with Crippen molar-refractivity contribution in [2.75, 3.05) is 18.9 Å². The summed E-state index contributed by atoms with van der Waals surface area (Å²) in [6, 6.07) is 0. The molecule has 1 aromatic rings. The maximum atomic E-state index is 5.81. The number of aromatic nitrogens is 3. The van der Waals surface area contributed by atoms with Gasteiger partial charge in [0.25, 0.3) is 0 Å². The molecule has 1 fully saturated rings. The molecule has 0 aromatic carbocycles. The fourth-order valence-electron chi connectivity index (χ4n) is 2.16. The van der Waals surface area contributed by atoms with Gasteiger partial charge in [0.2, 0.25) is 0 Å². The summed E-state index contributed by atoms with van der Waals surface area (Å²) >= 11 is 0. The van der Waals surface area contributed by atoms with Crippen LogP contribution in [0.5, 0.6) is 0 Å². The van der Waals surface area contributed by atoms with Gasteiger partial charge in [0, 0.05) is 19.8 Å². The lowest BCUT2D eigenvalue weighted by molar-refractivity contribution is 0.0597. The predicted octanol–water partition coefficient (Wildman–Crippen LogP) is 1.24. The van der Waals surface area contributed by atoms with Crippen LogP contribution in [0, 0.1) is 5.92 Å². The van der Waals surface area contributed by atoms with Crippen molar-refractivity contribution >= 4 is 5.82 Å². The fraction of sp³-hybridized carbons (Fsp3) is 0.818. The molecule has 5 nitrogen and oxygen atoms in total. The molecule has 2 N–H and O–H groups in total. The minimum Gasteiger partial charge on any atom is -0.381 e. The average molecular weight is 224 g/mol. The monoisotopic (exact) mass is 224 g/mol. The Hall–Kier alpha value is -1.10. The molecule has 2 heterocycles. The van der Waals surface area contributed by atoms with Crippen LogP contribution in [0.25, 0.3) is 0 Å². The van der Waals surface area contributed by atoms with E-state index in [-0.39, 0.29) is 0 Å². The Balaban J connectivity index is 2.02. The van der Waals surface area contributed by atoms with Gasteiger partial charge in [-0.15, -0.1) is 5.10 Å². The lowest BCUT2D eigenvalue weighted by atomic mass is 10.0. The van der Waals surface area contributed by atoms with Crippen molar-refractivity contribution in [2.45, 2.75) is 39.2 Å². The topological polar surface area (TPSA) is 66.0 Å². The van der Waals surface area contributed by atoms with Gasteiger partial charge in [-0.3, -0.25) is 0 Å². The van der Waals surface area contributed by atoms with Gasteiger partial charge in [-0.2, -0.15) is 0 Å². The van der Waals surface area contributed by atoms with Crippen LogP contribution in [0.1, 0.15) is 31.9 Å². The molecular weight excluding hydrogens is 204 g/mol. The maximum absolute atomic E-state index is 5.81. The molecule has 5 heteroatoms. The highest BCUT2D eigenvalue weighted by molar-refractivity contribution is 5.32. The zero-order chi connectivity index (χ0) is 11.4. The summed E-state index contributed by atoms with van der Waals surface area (Å²) in [5.74, 6) is 1.25. The van der Waals surface area contributed by atoms with E-state index in [1.807, 2.05) is 4.68 Å². The number of rotatable bonds is 4. The van der Waals surface area contributed by atoms with Crippen molar-refractivity contribution < 1.29 is 4.74 Å². The number of nitrogens with zero attached hydrogens (tertiary/aromatic N) is 3. The van der Waals surface area contributed by atoms with E-state index in [4.69, 9.17) is 10.5 Å². The van der Waals surface area contributed by atoms with E-state index in [0.717, 1.165) is 51.1 Å². The first-order valence-electron chi connectivity index (χ1n) is 6.06. The lowest BCUT2D eigenvalue weighted by Crippen LogP contribution is -2.22. The molecule has 0 saturated carbocycles. The number of ether oxygens (including phenoxy) is 1. The molecule has 0 atom stereocenters. The quantitative estimate of drug-likeness (QED) is 0.835. The smallest absolute Gasteiger partial charge is 0.169 e. The van der Waals surface area contributed by atoms with E-state index in [9.17, 15) is 0 Å². The Bertz CT molecular complexity index is 331. The Labute approximate surface area is 96.0 Å². The highest BCUT2D eigenvalue weighted by atomic mass is 16.5. The van der Waals surface area contributed by atoms with Crippen molar-refractivity contribution in [1.29, 1.82) is 0 Å². The van der Waals surface area contributed by atoms with E-state index >= 15 is 0 Å². The second kappa shape index (κ2) is 5.30. The third kappa shape index (κ3) is 2.52. The summed E-state index contributed by atoms with van der Waals surface area (Å²) in [4.78, 5) is 0. The number of hydrogen-bond donors (Lipinski definition) is 1. The van der Waals surface area contributed by atoms with Crippen molar-refractivity contribution in [3.8, 4) is 0 Å². The normalized spacial score (nSPS) is 17.8. The predicted molar refractivity (Wildman–Crippen MR) is 62.0 cm³/mol. The average Bonchev–Trinajstić information content (AvgIpc) is 2.64. The summed E-state index contributed by atoms with van der Waals surface area (Å²) in [6.07, 6.45) is 4.27. The summed E-state index contributed by atoms with van der Waals surface area (Å²) < 4.78 is 7.33. The summed E-state index contributed by atoms with van der Waals surface area (Å²) in [6.45, 7) is 4.82. The first-order chi connectivity index (χ1) is 7.81. The molecule has 0 bridgehead atoms. The molecule has 2 rings (SSSR count). The van der Waals surface area contributed by atoms with E-state index in [2.05, 4.69) is 17.2 Å². The molecule has 0 radical (unpaired) electrons. The van der Waals surface area contributed by atoms with Crippen LogP contribution < -0.4 is 5.73 Å². The third-order valence-corrected chi connectivity index (χ3v) is 3.13. The van der Waals surface area contributed by atoms with Gasteiger partial charge >= 0.3 is 0 Å². The van der Waals surface area contributed by atoms with Gasteiger partial charge in [-0.05, 0) is 25.2 Å². The van der Waals surface area contributed by atoms with Gasteiger partial charge in [-0.25, -0.2) is 4.68 Å². The molecule has 1 aliphatic heterocycles. The Morgan fingerprint density at radius 2 is 2.19 bits per heavy atom. The lowest BCUT2D eigenvalue weighted by Gasteiger charge is -2.22. The van der Waals surface area contributed by atoms with Crippen molar-refractivity contribution in [3.05, 3.63) is 5.69 Å². The molecule has 0 unspecified atom stereocenters. The van der Waals surface area contributed by atoms with Gasteiger partial charge in [0.15, 0.2) is 5.82 Å². The third-order valence-electron chi connectivity index (χ3n) is 3.13. The van der Waals surface area contributed by atoms with Crippen LogP contribution in [0.2, 0.25) is 0 Å². The van der Waals surface area contributed by atoms with Crippen molar-refractivity contribution in [3.63, 3.8) is 0 Å². The zero-order valence-electron chi connectivity index (χ0n) is 9.85. The van der Waals surface area contributed by atoms with Crippen LogP contribution in [0.4, 0.5) is 5.82 Å². The van der Waals surface area contributed by atoms with Gasteiger partial charge < -0.3 is 10.5 Å². The molecule has 0 amide bonds. The van der Waals surface area contributed by atoms with E-state index < -0.39 is 0 Å². The summed E-state index contributed by atoms with van der Waals surface area (Å²) in [5, 5.41) is 8.09.